The Morgan fingerprint density at radius 3 is 2.33 bits per heavy atom. The molecule has 0 aromatic heterocycles. The SMILES string of the molecule is CCC(=O)C1(C)C(=O)C(C)C1C. The highest BCUT2D eigenvalue weighted by Crippen LogP contribution is 2.48. The lowest BCUT2D eigenvalue weighted by Gasteiger charge is -2.47. The predicted octanol–water partition coefficient (Wildman–Crippen LogP) is 1.83. The third kappa shape index (κ3) is 0.869. The molecule has 0 spiro atoms. The Balaban J connectivity index is 2.87. The van der Waals surface area contributed by atoms with Crippen molar-refractivity contribution in [3.8, 4) is 0 Å². The van der Waals surface area contributed by atoms with Gasteiger partial charge in [-0.25, -0.2) is 0 Å². The van der Waals surface area contributed by atoms with Crippen LogP contribution >= 0.6 is 0 Å². The van der Waals surface area contributed by atoms with Crippen LogP contribution in [0.3, 0.4) is 0 Å². The average Bonchev–Trinajstić information content (AvgIpc) is 2.12. The number of carbonyl (C=O) groups is 2. The van der Waals surface area contributed by atoms with Gasteiger partial charge in [-0.3, -0.25) is 9.59 Å². The Bertz CT molecular complexity index is 222. The van der Waals surface area contributed by atoms with Gasteiger partial charge in [-0.2, -0.15) is 0 Å². The molecule has 0 aromatic carbocycles. The summed E-state index contributed by atoms with van der Waals surface area (Å²) in [5.74, 6) is 0.517. The van der Waals surface area contributed by atoms with E-state index >= 15 is 0 Å². The van der Waals surface area contributed by atoms with Gasteiger partial charge in [0.15, 0.2) is 0 Å². The standard InChI is InChI=1S/C10H16O2/c1-5-8(11)10(4)7(3)6(2)9(10)12/h6-7H,5H2,1-4H3. The second-order valence-electron chi connectivity index (χ2n) is 3.92. The van der Waals surface area contributed by atoms with Gasteiger partial charge in [-0.1, -0.05) is 20.8 Å². The maximum Gasteiger partial charge on any atom is 0.149 e. The molecule has 1 saturated carbocycles. The third-order valence-corrected chi connectivity index (χ3v) is 3.49. The lowest BCUT2D eigenvalue weighted by molar-refractivity contribution is -0.161. The van der Waals surface area contributed by atoms with Crippen LogP contribution < -0.4 is 0 Å². The molecular weight excluding hydrogens is 152 g/mol. The van der Waals surface area contributed by atoms with Gasteiger partial charge in [0.2, 0.25) is 0 Å². The fourth-order valence-corrected chi connectivity index (χ4v) is 2.09. The van der Waals surface area contributed by atoms with E-state index in [2.05, 4.69) is 0 Å². The highest BCUT2D eigenvalue weighted by atomic mass is 16.2. The van der Waals surface area contributed by atoms with Crippen molar-refractivity contribution in [3.63, 3.8) is 0 Å². The molecule has 0 amide bonds. The molecule has 0 heterocycles. The monoisotopic (exact) mass is 168 g/mol. The van der Waals surface area contributed by atoms with Gasteiger partial charge < -0.3 is 0 Å². The molecule has 2 nitrogen and oxygen atoms in total. The summed E-state index contributed by atoms with van der Waals surface area (Å²) in [5.41, 5.74) is -0.659. The van der Waals surface area contributed by atoms with Crippen LogP contribution in [0.1, 0.15) is 34.1 Å². The van der Waals surface area contributed by atoms with Crippen molar-refractivity contribution >= 4 is 11.6 Å². The molecule has 68 valence electrons. The molecule has 0 aliphatic heterocycles. The number of ketones is 2. The molecule has 3 atom stereocenters. The van der Waals surface area contributed by atoms with E-state index in [1.165, 1.54) is 0 Å². The zero-order valence-electron chi connectivity index (χ0n) is 8.18. The van der Waals surface area contributed by atoms with Gasteiger partial charge in [0, 0.05) is 12.3 Å². The Kier molecular flexibility index (Phi) is 2.11. The van der Waals surface area contributed by atoms with Crippen LogP contribution in [0, 0.1) is 17.3 Å². The van der Waals surface area contributed by atoms with Crippen LogP contribution in [0.25, 0.3) is 0 Å². The quantitative estimate of drug-likeness (QED) is 0.589. The summed E-state index contributed by atoms with van der Waals surface area (Å²) in [4.78, 5) is 22.9. The van der Waals surface area contributed by atoms with Crippen molar-refractivity contribution in [2.45, 2.75) is 34.1 Å². The maximum absolute atomic E-state index is 11.5. The van der Waals surface area contributed by atoms with Crippen LogP contribution in [0.4, 0.5) is 0 Å². The highest BCUT2D eigenvalue weighted by molar-refractivity contribution is 6.12. The van der Waals surface area contributed by atoms with Crippen LogP contribution in [-0.2, 0) is 9.59 Å². The fraction of sp³-hybridized carbons (Fsp3) is 0.800. The van der Waals surface area contributed by atoms with E-state index in [1.54, 1.807) is 6.92 Å². The second-order valence-corrected chi connectivity index (χ2v) is 3.92. The van der Waals surface area contributed by atoms with Crippen LogP contribution in [0.15, 0.2) is 0 Å². The topological polar surface area (TPSA) is 34.1 Å². The van der Waals surface area contributed by atoms with Crippen molar-refractivity contribution in [3.05, 3.63) is 0 Å². The number of carbonyl (C=O) groups excluding carboxylic acids is 2. The van der Waals surface area contributed by atoms with Gasteiger partial charge >= 0.3 is 0 Å². The van der Waals surface area contributed by atoms with Crippen molar-refractivity contribution in [2.75, 3.05) is 0 Å². The van der Waals surface area contributed by atoms with Crippen LogP contribution in [0.5, 0.6) is 0 Å². The zero-order valence-corrected chi connectivity index (χ0v) is 8.18. The molecule has 0 N–H and O–H groups in total. The first kappa shape index (κ1) is 9.43. The van der Waals surface area contributed by atoms with Gasteiger partial charge in [0.05, 0.1) is 5.41 Å². The summed E-state index contributed by atoms with van der Waals surface area (Å²) >= 11 is 0. The van der Waals surface area contributed by atoms with Gasteiger partial charge in [-0.05, 0) is 12.8 Å². The summed E-state index contributed by atoms with van der Waals surface area (Å²) < 4.78 is 0. The minimum absolute atomic E-state index is 0.0745. The van der Waals surface area contributed by atoms with Gasteiger partial charge in [0.25, 0.3) is 0 Å². The van der Waals surface area contributed by atoms with E-state index in [4.69, 9.17) is 0 Å². The highest BCUT2D eigenvalue weighted by Gasteiger charge is 2.57. The van der Waals surface area contributed by atoms with E-state index in [9.17, 15) is 9.59 Å². The number of rotatable bonds is 2. The predicted molar refractivity (Wildman–Crippen MR) is 46.7 cm³/mol. The Morgan fingerprint density at radius 1 is 1.50 bits per heavy atom. The molecule has 1 fully saturated rings. The van der Waals surface area contributed by atoms with Crippen molar-refractivity contribution < 1.29 is 9.59 Å². The molecule has 0 saturated heterocycles. The fourth-order valence-electron chi connectivity index (χ4n) is 2.09. The first-order valence-corrected chi connectivity index (χ1v) is 4.53. The summed E-state index contributed by atoms with van der Waals surface area (Å²) in [5, 5.41) is 0. The van der Waals surface area contributed by atoms with Crippen molar-refractivity contribution in [1.29, 1.82) is 0 Å². The maximum atomic E-state index is 11.5. The summed E-state index contributed by atoms with van der Waals surface area (Å²) in [6.07, 6.45) is 0.472. The lowest BCUT2D eigenvalue weighted by Crippen LogP contribution is -2.57. The molecule has 0 bridgehead atoms. The first-order valence-electron chi connectivity index (χ1n) is 4.53. The molecule has 12 heavy (non-hydrogen) atoms. The van der Waals surface area contributed by atoms with Gasteiger partial charge in [-0.15, -0.1) is 0 Å². The van der Waals surface area contributed by atoms with Crippen LogP contribution in [-0.4, -0.2) is 11.6 Å². The zero-order chi connectivity index (χ0) is 9.52. The summed E-state index contributed by atoms with van der Waals surface area (Å²) in [7, 11) is 0. The molecule has 1 rings (SSSR count). The molecule has 1 aliphatic carbocycles. The first-order chi connectivity index (χ1) is 5.46. The molecule has 3 unspecified atom stereocenters. The Morgan fingerprint density at radius 2 is 2.00 bits per heavy atom. The second kappa shape index (κ2) is 2.68. The minimum Gasteiger partial charge on any atom is -0.299 e. The van der Waals surface area contributed by atoms with E-state index in [1.807, 2.05) is 20.8 Å². The van der Waals surface area contributed by atoms with E-state index in [0.29, 0.717) is 6.42 Å². The number of hydrogen-bond donors (Lipinski definition) is 0. The largest absolute Gasteiger partial charge is 0.299 e. The Labute approximate surface area is 73.3 Å². The summed E-state index contributed by atoms with van der Waals surface area (Å²) in [6, 6.07) is 0. The summed E-state index contributed by atoms with van der Waals surface area (Å²) in [6.45, 7) is 7.49. The number of Topliss-reactive ketones (excluding diaryl/α,β-unsaturated/α-hetero) is 2. The van der Waals surface area contributed by atoms with Crippen LogP contribution in [0.2, 0.25) is 0 Å². The van der Waals surface area contributed by atoms with Gasteiger partial charge in [0.1, 0.15) is 11.6 Å². The normalized spacial score (nSPS) is 40.8. The smallest absolute Gasteiger partial charge is 0.149 e. The molecular formula is C10H16O2. The van der Waals surface area contributed by atoms with Crippen molar-refractivity contribution in [1.82, 2.24) is 0 Å². The lowest BCUT2D eigenvalue weighted by atomic mass is 9.53. The molecule has 2 heteroatoms. The average molecular weight is 168 g/mol. The molecule has 0 radical (unpaired) electrons. The third-order valence-electron chi connectivity index (χ3n) is 3.49. The minimum atomic E-state index is -0.659. The molecule has 1 aliphatic rings. The van der Waals surface area contributed by atoms with Crippen molar-refractivity contribution in [2.24, 2.45) is 17.3 Å². The van der Waals surface area contributed by atoms with E-state index < -0.39 is 5.41 Å². The Hall–Kier alpha value is -0.660. The molecule has 0 aromatic rings. The van der Waals surface area contributed by atoms with E-state index in [0.717, 1.165) is 0 Å². The number of hydrogen-bond acceptors (Lipinski definition) is 2. The van der Waals surface area contributed by atoms with E-state index in [-0.39, 0.29) is 23.4 Å².